The van der Waals surface area contributed by atoms with Crippen molar-refractivity contribution in [1.29, 1.82) is 0 Å². The number of fused-ring (bicyclic) bond motifs is 1. The Hall–Kier alpha value is -4.00. The zero-order chi connectivity index (χ0) is 23.4. The fraction of sp³-hybridized carbons (Fsp3) is 0.231. The van der Waals surface area contributed by atoms with Gasteiger partial charge in [-0.25, -0.2) is 4.98 Å². The number of anilines is 1. The Morgan fingerprint density at radius 1 is 0.909 bits per heavy atom. The van der Waals surface area contributed by atoms with Crippen molar-refractivity contribution in [2.45, 2.75) is 12.8 Å². The molecule has 0 saturated carbocycles. The summed E-state index contributed by atoms with van der Waals surface area (Å²) >= 11 is 0. The molecule has 33 heavy (non-hydrogen) atoms. The van der Waals surface area contributed by atoms with Crippen molar-refractivity contribution >= 4 is 22.6 Å². The fourth-order valence-corrected chi connectivity index (χ4v) is 3.94. The lowest BCUT2D eigenvalue weighted by Gasteiger charge is -2.15. The first-order chi connectivity index (χ1) is 16.0. The van der Waals surface area contributed by atoms with Gasteiger partial charge in [0.15, 0.2) is 11.5 Å². The van der Waals surface area contributed by atoms with Crippen LogP contribution < -0.4 is 19.5 Å². The molecule has 170 valence electrons. The van der Waals surface area contributed by atoms with Gasteiger partial charge in [0.1, 0.15) is 5.82 Å². The van der Waals surface area contributed by atoms with E-state index in [1.54, 1.807) is 21.3 Å². The third-order valence-electron chi connectivity index (χ3n) is 5.62. The van der Waals surface area contributed by atoms with E-state index >= 15 is 0 Å². The molecule has 0 aliphatic rings. The highest BCUT2D eigenvalue weighted by molar-refractivity contribution is 5.91. The molecule has 7 heteroatoms. The minimum Gasteiger partial charge on any atom is -0.493 e. The molecular formula is C26H27N3O4. The Morgan fingerprint density at radius 2 is 1.64 bits per heavy atom. The van der Waals surface area contributed by atoms with Crippen LogP contribution in [0.3, 0.4) is 0 Å². The fourth-order valence-electron chi connectivity index (χ4n) is 3.94. The highest BCUT2D eigenvalue weighted by Crippen LogP contribution is 2.40. The summed E-state index contributed by atoms with van der Waals surface area (Å²) in [5, 5.41) is 2.96. The summed E-state index contributed by atoms with van der Waals surface area (Å²) < 4.78 is 18.3. The Kier molecular flexibility index (Phi) is 6.49. The van der Waals surface area contributed by atoms with Crippen molar-refractivity contribution in [3.8, 4) is 28.6 Å². The quantitative estimate of drug-likeness (QED) is 0.420. The van der Waals surface area contributed by atoms with Gasteiger partial charge in [-0.05, 0) is 54.4 Å². The summed E-state index contributed by atoms with van der Waals surface area (Å²) in [6.07, 6.45) is 0.811. The second-order valence-corrected chi connectivity index (χ2v) is 7.60. The van der Waals surface area contributed by atoms with Gasteiger partial charge >= 0.3 is 0 Å². The molecule has 1 N–H and O–H groups in total. The van der Waals surface area contributed by atoms with Crippen molar-refractivity contribution in [3.63, 3.8) is 0 Å². The number of amides is 1. The van der Waals surface area contributed by atoms with Crippen molar-refractivity contribution < 1.29 is 19.0 Å². The van der Waals surface area contributed by atoms with E-state index in [1.165, 1.54) is 0 Å². The topological polar surface area (TPSA) is 74.6 Å². The van der Waals surface area contributed by atoms with Gasteiger partial charge in [-0.3, -0.25) is 4.79 Å². The monoisotopic (exact) mass is 445 g/mol. The Labute approximate surface area is 192 Å². The number of aromatic nitrogens is 2. The number of nitrogens with one attached hydrogen (secondary N) is 1. The number of carbonyl (C=O) groups excluding carboxylic acids is 1. The molecule has 0 aliphatic carbocycles. The van der Waals surface area contributed by atoms with Crippen LogP contribution in [0.15, 0.2) is 60.7 Å². The van der Waals surface area contributed by atoms with E-state index in [0.717, 1.165) is 33.7 Å². The van der Waals surface area contributed by atoms with E-state index in [1.807, 2.05) is 67.7 Å². The number of para-hydroxylation sites is 2. The highest BCUT2D eigenvalue weighted by Gasteiger charge is 2.16. The number of benzene rings is 3. The number of carbonyl (C=O) groups is 1. The summed E-state index contributed by atoms with van der Waals surface area (Å²) in [7, 11) is 6.72. The molecule has 4 rings (SSSR count). The Morgan fingerprint density at radius 3 is 2.30 bits per heavy atom. The zero-order valence-corrected chi connectivity index (χ0v) is 19.2. The van der Waals surface area contributed by atoms with Crippen molar-refractivity contribution in [2.24, 2.45) is 7.05 Å². The third kappa shape index (κ3) is 4.48. The van der Waals surface area contributed by atoms with Gasteiger partial charge in [-0.15, -0.1) is 0 Å². The van der Waals surface area contributed by atoms with Gasteiger partial charge in [0, 0.05) is 24.7 Å². The van der Waals surface area contributed by atoms with Crippen LogP contribution in [0.2, 0.25) is 0 Å². The van der Waals surface area contributed by atoms with Gasteiger partial charge in [0.25, 0.3) is 0 Å². The van der Waals surface area contributed by atoms with Crippen LogP contribution in [0.1, 0.15) is 12.0 Å². The molecule has 0 fully saturated rings. The minimum absolute atomic E-state index is 0.0812. The van der Waals surface area contributed by atoms with Gasteiger partial charge in [-0.2, -0.15) is 0 Å². The van der Waals surface area contributed by atoms with Crippen LogP contribution >= 0.6 is 0 Å². The molecule has 0 radical (unpaired) electrons. The second-order valence-electron chi connectivity index (χ2n) is 7.60. The third-order valence-corrected chi connectivity index (χ3v) is 5.62. The van der Waals surface area contributed by atoms with E-state index in [2.05, 4.69) is 9.88 Å². The molecule has 0 saturated heterocycles. The van der Waals surface area contributed by atoms with Gasteiger partial charge < -0.3 is 24.1 Å². The normalized spacial score (nSPS) is 10.8. The number of imidazole rings is 1. The Balaban J connectivity index is 1.43. The van der Waals surface area contributed by atoms with Crippen LogP contribution in [0.4, 0.5) is 5.69 Å². The van der Waals surface area contributed by atoms with E-state index in [0.29, 0.717) is 30.1 Å². The van der Waals surface area contributed by atoms with E-state index in [4.69, 9.17) is 19.2 Å². The average molecular weight is 446 g/mol. The SMILES string of the molecule is COc1ccc(CCC(=O)Nc2ccc(-c3nc4ccccc4n3C)cc2)c(OC)c1OC. The number of hydrogen-bond donors (Lipinski definition) is 1. The summed E-state index contributed by atoms with van der Waals surface area (Å²) in [5.74, 6) is 2.49. The van der Waals surface area contributed by atoms with E-state index in [-0.39, 0.29) is 5.91 Å². The molecule has 1 amide bonds. The predicted octanol–water partition coefficient (Wildman–Crippen LogP) is 4.84. The number of methoxy groups -OCH3 is 3. The second kappa shape index (κ2) is 9.65. The smallest absolute Gasteiger partial charge is 0.224 e. The molecule has 4 aromatic rings. The maximum atomic E-state index is 12.6. The number of rotatable bonds is 8. The lowest BCUT2D eigenvalue weighted by atomic mass is 10.1. The Bertz CT molecular complexity index is 1280. The van der Waals surface area contributed by atoms with Crippen LogP contribution in [-0.4, -0.2) is 36.8 Å². The standard InChI is InChI=1S/C26H27N3O4/c1-29-21-8-6-5-7-20(21)28-26(29)18-9-13-19(14-10-18)27-23(30)16-12-17-11-15-22(31-2)25(33-4)24(17)32-3/h5-11,13-15H,12,16H2,1-4H3,(H,27,30). The van der Waals surface area contributed by atoms with Crippen molar-refractivity contribution in [2.75, 3.05) is 26.6 Å². The van der Waals surface area contributed by atoms with Gasteiger partial charge in [0.05, 0.1) is 32.4 Å². The molecule has 0 atom stereocenters. The maximum Gasteiger partial charge on any atom is 0.224 e. The molecule has 0 unspecified atom stereocenters. The largest absolute Gasteiger partial charge is 0.493 e. The first-order valence-electron chi connectivity index (χ1n) is 10.6. The first kappa shape index (κ1) is 22.2. The number of nitrogens with zero attached hydrogens (tertiary/aromatic N) is 2. The number of hydrogen-bond acceptors (Lipinski definition) is 5. The van der Waals surface area contributed by atoms with Crippen LogP contribution in [-0.2, 0) is 18.3 Å². The summed E-state index contributed by atoms with van der Waals surface area (Å²) in [5.41, 5.74) is 4.64. The van der Waals surface area contributed by atoms with E-state index in [9.17, 15) is 4.79 Å². The molecule has 1 heterocycles. The van der Waals surface area contributed by atoms with Crippen LogP contribution in [0, 0.1) is 0 Å². The molecule has 1 aromatic heterocycles. The van der Waals surface area contributed by atoms with Crippen LogP contribution in [0.5, 0.6) is 17.2 Å². The van der Waals surface area contributed by atoms with E-state index < -0.39 is 0 Å². The molecule has 0 aliphatic heterocycles. The predicted molar refractivity (Wildman–Crippen MR) is 129 cm³/mol. The molecule has 3 aromatic carbocycles. The highest BCUT2D eigenvalue weighted by atomic mass is 16.5. The summed E-state index contributed by atoms with van der Waals surface area (Å²) in [4.78, 5) is 17.3. The van der Waals surface area contributed by atoms with Crippen molar-refractivity contribution in [1.82, 2.24) is 9.55 Å². The lowest BCUT2D eigenvalue weighted by molar-refractivity contribution is -0.116. The van der Waals surface area contributed by atoms with Gasteiger partial charge in [0.2, 0.25) is 11.7 Å². The zero-order valence-electron chi connectivity index (χ0n) is 19.2. The van der Waals surface area contributed by atoms with Gasteiger partial charge in [-0.1, -0.05) is 18.2 Å². The molecule has 0 bridgehead atoms. The summed E-state index contributed by atoms with van der Waals surface area (Å²) in [6, 6.07) is 19.5. The van der Waals surface area contributed by atoms with Crippen molar-refractivity contribution in [3.05, 3.63) is 66.2 Å². The molecular weight excluding hydrogens is 418 g/mol. The average Bonchev–Trinajstić information content (AvgIpc) is 3.19. The van der Waals surface area contributed by atoms with Crippen LogP contribution in [0.25, 0.3) is 22.4 Å². The number of ether oxygens (including phenoxy) is 3. The lowest BCUT2D eigenvalue weighted by Crippen LogP contribution is -2.12. The maximum absolute atomic E-state index is 12.6. The molecule has 7 nitrogen and oxygen atoms in total. The summed E-state index contributed by atoms with van der Waals surface area (Å²) in [6.45, 7) is 0. The first-order valence-corrected chi connectivity index (χ1v) is 10.6. The number of aryl methyl sites for hydroxylation is 2. The molecule has 0 spiro atoms. The minimum atomic E-state index is -0.0812.